The molecule has 1 N–H and O–H groups in total. The zero-order chi connectivity index (χ0) is 15.6. The number of pyridine rings is 1. The van der Waals surface area contributed by atoms with E-state index in [0.717, 1.165) is 16.9 Å². The number of fused-ring (bicyclic) bond motifs is 1. The number of amidine groups is 1. The van der Waals surface area contributed by atoms with Gasteiger partial charge in [0.25, 0.3) is 5.91 Å². The van der Waals surface area contributed by atoms with E-state index in [4.69, 9.17) is 9.47 Å². The van der Waals surface area contributed by atoms with Crippen LogP contribution in [0.3, 0.4) is 0 Å². The summed E-state index contributed by atoms with van der Waals surface area (Å²) >= 11 is 0. The Labute approximate surface area is 132 Å². The van der Waals surface area contributed by atoms with Gasteiger partial charge >= 0.3 is 0 Å². The first-order chi connectivity index (χ1) is 11.3. The highest BCUT2D eigenvalue weighted by Crippen LogP contribution is 2.31. The minimum atomic E-state index is -0.230. The number of carbonyl (C=O) groups excluding carboxylic acids is 1. The third-order valence-electron chi connectivity index (χ3n) is 3.52. The van der Waals surface area contributed by atoms with E-state index in [0.29, 0.717) is 30.5 Å². The van der Waals surface area contributed by atoms with Crippen molar-refractivity contribution in [3.63, 3.8) is 0 Å². The summed E-state index contributed by atoms with van der Waals surface area (Å²) in [6.45, 7) is 1.08. The molecule has 1 aromatic heterocycles. The lowest BCUT2D eigenvalue weighted by atomic mass is 10.1. The first-order valence-electron chi connectivity index (χ1n) is 7.21. The molecule has 6 nitrogen and oxygen atoms in total. The number of aromatic nitrogens is 1. The van der Waals surface area contributed by atoms with Crippen molar-refractivity contribution in [3.8, 4) is 11.5 Å². The topological polar surface area (TPSA) is 72.8 Å². The molecule has 23 heavy (non-hydrogen) atoms. The number of ether oxygens (including phenoxy) is 2. The first kappa shape index (κ1) is 13.5. The molecule has 0 radical (unpaired) electrons. The number of hydrogen-bond donors (Lipinski definition) is 1. The lowest BCUT2D eigenvalue weighted by Crippen LogP contribution is -2.24. The molecule has 1 amide bonds. The Balaban J connectivity index is 1.66. The predicted molar refractivity (Wildman–Crippen MR) is 84.3 cm³/mol. The first-order valence-corrected chi connectivity index (χ1v) is 7.21. The number of nitrogens with zero attached hydrogens (tertiary/aromatic N) is 2. The van der Waals surface area contributed by atoms with Crippen LogP contribution in [0.25, 0.3) is 6.08 Å². The summed E-state index contributed by atoms with van der Waals surface area (Å²) in [5, 5.41) is 2.76. The second-order valence-corrected chi connectivity index (χ2v) is 5.08. The fourth-order valence-corrected chi connectivity index (χ4v) is 2.42. The lowest BCUT2D eigenvalue weighted by molar-refractivity contribution is -0.115. The molecule has 0 bridgehead atoms. The Bertz CT molecular complexity index is 828. The van der Waals surface area contributed by atoms with E-state index in [1.807, 2.05) is 18.2 Å². The number of aliphatic imine (C=N–C) groups is 1. The van der Waals surface area contributed by atoms with E-state index in [1.165, 1.54) is 0 Å². The minimum Gasteiger partial charge on any atom is -0.486 e. The van der Waals surface area contributed by atoms with Gasteiger partial charge in [0.15, 0.2) is 11.5 Å². The van der Waals surface area contributed by atoms with Crippen LogP contribution in [-0.4, -0.2) is 29.9 Å². The van der Waals surface area contributed by atoms with Crippen LogP contribution in [0.4, 0.5) is 0 Å². The fourth-order valence-electron chi connectivity index (χ4n) is 2.42. The summed E-state index contributed by atoms with van der Waals surface area (Å²) in [4.78, 5) is 20.4. The summed E-state index contributed by atoms with van der Waals surface area (Å²) in [6.07, 6.45) is 5.04. The number of amides is 1. The van der Waals surface area contributed by atoms with E-state index < -0.39 is 0 Å². The van der Waals surface area contributed by atoms with Crippen molar-refractivity contribution in [1.82, 2.24) is 10.3 Å². The molecule has 114 valence electrons. The minimum absolute atomic E-state index is 0.230. The maximum Gasteiger partial charge on any atom is 0.275 e. The smallest absolute Gasteiger partial charge is 0.275 e. The molecule has 2 aliphatic heterocycles. The summed E-state index contributed by atoms with van der Waals surface area (Å²) in [6, 6.07) is 9.14. The largest absolute Gasteiger partial charge is 0.486 e. The molecule has 0 aliphatic carbocycles. The van der Waals surface area contributed by atoms with E-state index >= 15 is 0 Å². The Morgan fingerprint density at radius 1 is 1.04 bits per heavy atom. The molecule has 0 atom stereocenters. The molecule has 2 aromatic rings. The molecular weight excluding hydrogens is 294 g/mol. The van der Waals surface area contributed by atoms with Crippen molar-refractivity contribution in [2.45, 2.75) is 0 Å². The third kappa shape index (κ3) is 2.66. The van der Waals surface area contributed by atoms with Gasteiger partial charge in [-0.2, -0.15) is 0 Å². The molecule has 2 aliphatic rings. The number of hydrogen-bond acceptors (Lipinski definition) is 5. The highest BCUT2D eigenvalue weighted by atomic mass is 16.6. The summed E-state index contributed by atoms with van der Waals surface area (Å²) in [5.41, 5.74) is 2.01. The van der Waals surface area contributed by atoms with E-state index in [2.05, 4.69) is 15.3 Å². The maximum atomic E-state index is 12.1. The Kier molecular flexibility index (Phi) is 3.27. The van der Waals surface area contributed by atoms with Gasteiger partial charge in [0.05, 0.1) is 0 Å². The SMILES string of the molecule is O=C1NC(c2ccncc2)=N/C1=C/c1ccc2c(c1)OCCO2. The Morgan fingerprint density at radius 3 is 2.65 bits per heavy atom. The maximum absolute atomic E-state index is 12.1. The van der Waals surface area contributed by atoms with Gasteiger partial charge in [-0.25, -0.2) is 4.99 Å². The Morgan fingerprint density at radius 2 is 1.83 bits per heavy atom. The van der Waals surface area contributed by atoms with E-state index in [-0.39, 0.29) is 5.91 Å². The van der Waals surface area contributed by atoms with Gasteiger partial charge in [0, 0.05) is 18.0 Å². The van der Waals surface area contributed by atoms with Crippen molar-refractivity contribution in [1.29, 1.82) is 0 Å². The quantitative estimate of drug-likeness (QED) is 0.858. The van der Waals surface area contributed by atoms with Crippen LogP contribution in [0, 0.1) is 0 Å². The third-order valence-corrected chi connectivity index (χ3v) is 3.52. The van der Waals surface area contributed by atoms with Gasteiger partial charge in [-0.3, -0.25) is 9.78 Å². The van der Waals surface area contributed by atoms with Crippen molar-refractivity contribution < 1.29 is 14.3 Å². The van der Waals surface area contributed by atoms with Gasteiger partial charge in [-0.05, 0) is 35.9 Å². The number of carbonyl (C=O) groups is 1. The molecule has 4 rings (SSSR count). The molecule has 6 heteroatoms. The molecule has 3 heterocycles. The molecule has 0 fully saturated rings. The second kappa shape index (κ2) is 5.57. The van der Waals surface area contributed by atoms with Crippen molar-refractivity contribution in [3.05, 3.63) is 59.5 Å². The summed E-state index contributed by atoms with van der Waals surface area (Å²) in [7, 11) is 0. The average molecular weight is 307 g/mol. The zero-order valence-electron chi connectivity index (χ0n) is 12.2. The molecule has 0 spiro atoms. The second-order valence-electron chi connectivity index (χ2n) is 5.08. The molecular formula is C17H13N3O3. The lowest BCUT2D eigenvalue weighted by Gasteiger charge is -2.18. The summed E-state index contributed by atoms with van der Waals surface area (Å²) < 4.78 is 11.0. The average Bonchev–Trinajstić information content (AvgIpc) is 2.96. The van der Waals surface area contributed by atoms with Crippen LogP contribution < -0.4 is 14.8 Å². The van der Waals surface area contributed by atoms with E-state index in [1.54, 1.807) is 30.6 Å². The van der Waals surface area contributed by atoms with Crippen molar-refractivity contribution in [2.75, 3.05) is 13.2 Å². The van der Waals surface area contributed by atoms with Crippen LogP contribution >= 0.6 is 0 Å². The standard InChI is InChI=1S/C17H13N3O3/c21-17-13(19-16(20-17)12-3-5-18-6-4-12)9-11-1-2-14-15(10-11)23-8-7-22-14/h1-6,9-10H,7-8H2,(H,19,20,21)/b13-9+. The van der Waals surface area contributed by atoms with E-state index in [9.17, 15) is 4.79 Å². The van der Waals surface area contributed by atoms with Crippen LogP contribution in [0.5, 0.6) is 11.5 Å². The summed E-state index contributed by atoms with van der Waals surface area (Å²) in [5.74, 6) is 1.70. The normalized spacial score (nSPS) is 17.8. The number of rotatable bonds is 2. The van der Waals surface area contributed by atoms with Gasteiger partial charge in [0.1, 0.15) is 24.7 Å². The molecule has 0 saturated carbocycles. The van der Waals surface area contributed by atoms with Gasteiger partial charge in [-0.1, -0.05) is 6.07 Å². The molecule has 0 saturated heterocycles. The van der Waals surface area contributed by atoms with Crippen LogP contribution in [0.1, 0.15) is 11.1 Å². The fraction of sp³-hybridized carbons (Fsp3) is 0.118. The van der Waals surface area contributed by atoms with Gasteiger partial charge < -0.3 is 14.8 Å². The monoisotopic (exact) mass is 307 g/mol. The van der Waals surface area contributed by atoms with Gasteiger partial charge in [-0.15, -0.1) is 0 Å². The zero-order valence-corrected chi connectivity index (χ0v) is 12.2. The van der Waals surface area contributed by atoms with Crippen LogP contribution in [-0.2, 0) is 4.79 Å². The molecule has 1 aromatic carbocycles. The predicted octanol–water partition coefficient (Wildman–Crippen LogP) is 1.77. The highest BCUT2D eigenvalue weighted by Gasteiger charge is 2.21. The number of benzene rings is 1. The van der Waals surface area contributed by atoms with Crippen LogP contribution in [0.15, 0.2) is 53.4 Å². The number of nitrogens with one attached hydrogen (secondary N) is 1. The molecule has 0 unspecified atom stereocenters. The van der Waals surface area contributed by atoms with Crippen LogP contribution in [0.2, 0.25) is 0 Å². The Hall–Kier alpha value is -3.15. The van der Waals surface area contributed by atoms with Gasteiger partial charge in [0.2, 0.25) is 0 Å². The highest BCUT2D eigenvalue weighted by molar-refractivity contribution is 6.19. The van der Waals surface area contributed by atoms with Crippen molar-refractivity contribution in [2.24, 2.45) is 4.99 Å². The van der Waals surface area contributed by atoms with Crippen molar-refractivity contribution >= 4 is 17.8 Å².